The largest absolute Gasteiger partial charge is 0.366 e. The molecule has 0 atom stereocenters. The molecule has 1 aromatic carbocycles. The molecule has 0 saturated heterocycles. The lowest BCUT2D eigenvalue weighted by atomic mass is 10.3. The molecule has 1 amide bonds. The van der Waals surface area contributed by atoms with Gasteiger partial charge in [0.1, 0.15) is 5.82 Å². The highest BCUT2D eigenvalue weighted by molar-refractivity contribution is 9.10. The Hall–Kier alpha value is -2.03. The Bertz CT molecular complexity index is 592. The summed E-state index contributed by atoms with van der Waals surface area (Å²) < 4.78 is 26.4. The third-order valence-electron chi connectivity index (χ3n) is 1.96. The maximum atomic E-state index is 13.4. The molecule has 0 spiro atoms. The fourth-order valence-corrected chi connectivity index (χ4v) is 1.72. The standard InChI is InChI=1S/C9H6BrF2N5O/c10-4-1-3(11)2-5(12)6(4)14-8(18)7-15-9(13)17-16-7/h1-2H,(H,14,18)(H3,13,15,16,17). The van der Waals surface area contributed by atoms with Crippen LogP contribution in [0.15, 0.2) is 16.6 Å². The fourth-order valence-electron chi connectivity index (χ4n) is 1.21. The van der Waals surface area contributed by atoms with Gasteiger partial charge in [-0.2, -0.15) is 4.98 Å². The number of nitrogens with two attached hydrogens (primary N) is 1. The molecule has 18 heavy (non-hydrogen) atoms. The van der Waals surface area contributed by atoms with Crippen LogP contribution in [-0.4, -0.2) is 21.1 Å². The van der Waals surface area contributed by atoms with Gasteiger partial charge < -0.3 is 11.1 Å². The zero-order valence-electron chi connectivity index (χ0n) is 8.67. The van der Waals surface area contributed by atoms with Crippen molar-refractivity contribution < 1.29 is 13.6 Å². The van der Waals surface area contributed by atoms with E-state index in [1.807, 2.05) is 0 Å². The second-order valence-corrected chi connectivity index (χ2v) is 4.10. The Morgan fingerprint density at radius 3 is 2.72 bits per heavy atom. The highest BCUT2D eigenvalue weighted by atomic mass is 79.9. The summed E-state index contributed by atoms with van der Waals surface area (Å²) in [6, 6.07) is 1.67. The van der Waals surface area contributed by atoms with E-state index in [1.165, 1.54) is 0 Å². The molecule has 94 valence electrons. The first-order valence-electron chi connectivity index (χ1n) is 4.61. The van der Waals surface area contributed by atoms with Gasteiger partial charge in [0.05, 0.1) is 5.69 Å². The number of aromatic nitrogens is 3. The number of nitrogen functional groups attached to an aromatic ring is 1. The Labute approximate surface area is 108 Å². The number of rotatable bonds is 2. The summed E-state index contributed by atoms with van der Waals surface area (Å²) in [5.41, 5.74) is 5.03. The van der Waals surface area contributed by atoms with E-state index in [2.05, 4.69) is 36.4 Å². The summed E-state index contributed by atoms with van der Waals surface area (Å²) in [5, 5.41) is 7.94. The lowest BCUT2D eigenvalue weighted by Gasteiger charge is -2.07. The van der Waals surface area contributed by atoms with Crippen LogP contribution in [0, 0.1) is 11.6 Å². The zero-order valence-corrected chi connectivity index (χ0v) is 10.3. The Kier molecular flexibility index (Phi) is 3.24. The van der Waals surface area contributed by atoms with Crippen molar-refractivity contribution >= 4 is 33.5 Å². The lowest BCUT2D eigenvalue weighted by molar-refractivity contribution is 0.101. The average molecular weight is 318 g/mol. The third-order valence-corrected chi connectivity index (χ3v) is 2.59. The SMILES string of the molecule is Nc1n[nH]c(C(=O)Nc2c(F)cc(F)cc2Br)n1. The summed E-state index contributed by atoms with van der Waals surface area (Å²) >= 11 is 2.94. The van der Waals surface area contributed by atoms with E-state index in [4.69, 9.17) is 5.73 Å². The molecular formula is C9H6BrF2N5O. The van der Waals surface area contributed by atoms with Crippen LogP contribution in [0.1, 0.15) is 10.6 Å². The molecule has 0 saturated carbocycles. The maximum Gasteiger partial charge on any atom is 0.293 e. The molecule has 0 aliphatic carbocycles. The third kappa shape index (κ3) is 2.45. The minimum absolute atomic E-state index is 0.0702. The molecule has 0 unspecified atom stereocenters. The van der Waals surface area contributed by atoms with Crippen molar-refractivity contribution in [3.8, 4) is 0 Å². The van der Waals surface area contributed by atoms with Gasteiger partial charge in [0, 0.05) is 10.5 Å². The van der Waals surface area contributed by atoms with Crippen LogP contribution in [0.25, 0.3) is 0 Å². The van der Waals surface area contributed by atoms with E-state index < -0.39 is 17.5 Å². The molecular weight excluding hydrogens is 312 g/mol. The maximum absolute atomic E-state index is 13.4. The molecule has 0 aliphatic rings. The van der Waals surface area contributed by atoms with Crippen LogP contribution in [0.2, 0.25) is 0 Å². The molecule has 0 radical (unpaired) electrons. The van der Waals surface area contributed by atoms with Crippen molar-refractivity contribution in [1.82, 2.24) is 15.2 Å². The van der Waals surface area contributed by atoms with E-state index in [0.29, 0.717) is 6.07 Å². The predicted molar refractivity (Wildman–Crippen MR) is 62.8 cm³/mol. The number of hydrogen-bond acceptors (Lipinski definition) is 4. The number of amides is 1. The van der Waals surface area contributed by atoms with E-state index in [-0.39, 0.29) is 21.9 Å². The number of nitrogens with zero attached hydrogens (tertiary/aromatic N) is 2. The van der Waals surface area contributed by atoms with Gasteiger partial charge in [-0.15, -0.1) is 5.10 Å². The molecule has 0 fully saturated rings. The van der Waals surface area contributed by atoms with Crippen LogP contribution >= 0.6 is 15.9 Å². The molecule has 1 heterocycles. The summed E-state index contributed by atoms with van der Waals surface area (Å²) in [5.74, 6) is -2.71. The number of carbonyl (C=O) groups is 1. The van der Waals surface area contributed by atoms with Crippen molar-refractivity contribution in [3.63, 3.8) is 0 Å². The second-order valence-electron chi connectivity index (χ2n) is 3.24. The van der Waals surface area contributed by atoms with E-state index >= 15 is 0 Å². The first-order valence-corrected chi connectivity index (χ1v) is 5.40. The monoisotopic (exact) mass is 317 g/mol. The predicted octanol–water partition coefficient (Wildman–Crippen LogP) is 1.68. The van der Waals surface area contributed by atoms with Gasteiger partial charge in [-0.25, -0.2) is 8.78 Å². The van der Waals surface area contributed by atoms with Gasteiger partial charge in [-0.05, 0) is 22.0 Å². The van der Waals surface area contributed by atoms with Crippen LogP contribution in [0.4, 0.5) is 20.4 Å². The van der Waals surface area contributed by atoms with E-state index in [1.54, 1.807) is 0 Å². The quantitative estimate of drug-likeness (QED) is 0.785. The van der Waals surface area contributed by atoms with Gasteiger partial charge in [-0.1, -0.05) is 0 Å². The van der Waals surface area contributed by atoms with Crippen LogP contribution in [-0.2, 0) is 0 Å². The van der Waals surface area contributed by atoms with Gasteiger partial charge in [0.15, 0.2) is 5.82 Å². The van der Waals surface area contributed by atoms with Gasteiger partial charge >= 0.3 is 0 Å². The van der Waals surface area contributed by atoms with Crippen LogP contribution in [0.3, 0.4) is 0 Å². The second kappa shape index (κ2) is 4.69. The van der Waals surface area contributed by atoms with Crippen molar-refractivity contribution in [2.75, 3.05) is 11.1 Å². The van der Waals surface area contributed by atoms with Gasteiger partial charge in [0.2, 0.25) is 11.8 Å². The van der Waals surface area contributed by atoms with Crippen LogP contribution < -0.4 is 11.1 Å². The number of halogens is 3. The topological polar surface area (TPSA) is 96.7 Å². The normalized spacial score (nSPS) is 10.4. The first-order chi connectivity index (χ1) is 8.47. The molecule has 4 N–H and O–H groups in total. The molecule has 1 aromatic heterocycles. The number of aromatic amines is 1. The number of carbonyl (C=O) groups excluding carboxylic acids is 1. The van der Waals surface area contributed by atoms with Crippen molar-refractivity contribution in [2.24, 2.45) is 0 Å². The van der Waals surface area contributed by atoms with Crippen LogP contribution in [0.5, 0.6) is 0 Å². The molecule has 2 rings (SSSR count). The van der Waals surface area contributed by atoms with Gasteiger partial charge in [-0.3, -0.25) is 9.89 Å². The Balaban J connectivity index is 2.27. The molecule has 2 aromatic rings. The van der Waals surface area contributed by atoms with E-state index in [0.717, 1.165) is 6.07 Å². The molecule has 9 heteroatoms. The molecule has 6 nitrogen and oxygen atoms in total. The number of nitrogens with one attached hydrogen (secondary N) is 2. The number of benzene rings is 1. The van der Waals surface area contributed by atoms with Crippen molar-refractivity contribution in [1.29, 1.82) is 0 Å². The summed E-state index contributed by atoms with van der Waals surface area (Å²) in [6.07, 6.45) is 0. The molecule has 0 aliphatic heterocycles. The minimum Gasteiger partial charge on any atom is -0.366 e. The summed E-state index contributed by atoms with van der Waals surface area (Å²) in [7, 11) is 0. The zero-order chi connectivity index (χ0) is 13.3. The highest BCUT2D eigenvalue weighted by Gasteiger charge is 2.16. The number of anilines is 2. The summed E-state index contributed by atoms with van der Waals surface area (Å²) in [6.45, 7) is 0. The lowest BCUT2D eigenvalue weighted by Crippen LogP contribution is -2.15. The smallest absolute Gasteiger partial charge is 0.293 e. The Morgan fingerprint density at radius 1 is 1.44 bits per heavy atom. The highest BCUT2D eigenvalue weighted by Crippen LogP contribution is 2.27. The average Bonchev–Trinajstić information content (AvgIpc) is 2.70. The molecule has 0 bridgehead atoms. The number of H-pyrrole nitrogens is 1. The van der Waals surface area contributed by atoms with Crippen molar-refractivity contribution in [2.45, 2.75) is 0 Å². The van der Waals surface area contributed by atoms with E-state index in [9.17, 15) is 13.6 Å². The fraction of sp³-hybridized carbons (Fsp3) is 0. The number of hydrogen-bond donors (Lipinski definition) is 3. The summed E-state index contributed by atoms with van der Waals surface area (Å²) in [4.78, 5) is 15.2. The van der Waals surface area contributed by atoms with Crippen molar-refractivity contribution in [3.05, 3.63) is 34.1 Å². The first kappa shape index (κ1) is 12.4. The van der Waals surface area contributed by atoms with Gasteiger partial charge in [0.25, 0.3) is 5.91 Å². The minimum atomic E-state index is -0.914. The Morgan fingerprint density at radius 2 is 2.17 bits per heavy atom.